The lowest BCUT2D eigenvalue weighted by molar-refractivity contribution is -0.137. The fourth-order valence-corrected chi connectivity index (χ4v) is 2.05. The Balaban J connectivity index is 1.99. The molecule has 1 atom stereocenters. The van der Waals surface area contributed by atoms with Crippen molar-refractivity contribution in [3.05, 3.63) is 59.8 Å². The Hall–Kier alpha value is -3.09. The minimum absolute atomic E-state index is 0.104. The summed E-state index contributed by atoms with van der Waals surface area (Å²) in [7, 11) is 1.48. The van der Waals surface area contributed by atoms with Crippen molar-refractivity contribution < 1.29 is 24.2 Å². The van der Waals surface area contributed by atoms with E-state index in [1.807, 2.05) is 30.3 Å². The van der Waals surface area contributed by atoms with E-state index in [0.29, 0.717) is 11.4 Å². The average Bonchev–Trinajstić information content (AvgIpc) is 2.60. The van der Waals surface area contributed by atoms with Gasteiger partial charge in [-0.25, -0.2) is 9.78 Å². The molecule has 2 N–H and O–H groups in total. The second-order valence-electron chi connectivity index (χ2n) is 4.99. The molecule has 0 aliphatic heterocycles. The normalized spacial score (nSPS) is 11.4. The maximum absolute atomic E-state index is 11.9. The molecule has 0 saturated heterocycles. The number of ether oxygens (including phenoxy) is 2. The third kappa shape index (κ3) is 5.28. The van der Waals surface area contributed by atoms with Crippen LogP contribution in [0.3, 0.4) is 0 Å². The molecule has 0 radical (unpaired) electrons. The first-order valence-electron chi connectivity index (χ1n) is 7.27. The van der Waals surface area contributed by atoms with E-state index in [4.69, 9.17) is 14.6 Å². The lowest BCUT2D eigenvalue weighted by Gasteiger charge is -2.17. The highest BCUT2D eigenvalue weighted by atomic mass is 16.5. The summed E-state index contributed by atoms with van der Waals surface area (Å²) in [4.78, 5) is 27.0. The van der Waals surface area contributed by atoms with Gasteiger partial charge < -0.3 is 19.9 Å². The highest BCUT2D eigenvalue weighted by Gasteiger charge is 2.19. The topological polar surface area (TPSA) is 97.8 Å². The standard InChI is InChI=1S/C17H18N2O5/c1-23-15-8-7-13(10-18-15)14(9-16(20)21)19-17(22)24-11-12-5-3-2-4-6-12/h2-8,10,14H,9,11H2,1H3,(H,19,22)(H,20,21)/t14-/m0/s1. The lowest BCUT2D eigenvalue weighted by atomic mass is 10.1. The number of nitrogens with one attached hydrogen (secondary N) is 1. The highest BCUT2D eigenvalue weighted by molar-refractivity contribution is 5.71. The zero-order valence-corrected chi connectivity index (χ0v) is 13.1. The first-order valence-corrected chi connectivity index (χ1v) is 7.27. The first-order chi connectivity index (χ1) is 11.6. The number of hydrogen-bond acceptors (Lipinski definition) is 5. The van der Waals surface area contributed by atoms with Crippen molar-refractivity contribution in [2.75, 3.05) is 7.11 Å². The van der Waals surface area contributed by atoms with Gasteiger partial charge in [0, 0.05) is 12.3 Å². The number of carboxylic acids is 1. The summed E-state index contributed by atoms with van der Waals surface area (Å²) < 4.78 is 10.1. The Bertz CT molecular complexity index is 673. The van der Waals surface area contributed by atoms with Crippen LogP contribution in [0, 0.1) is 0 Å². The molecule has 0 saturated carbocycles. The van der Waals surface area contributed by atoms with E-state index >= 15 is 0 Å². The molecule has 0 unspecified atom stereocenters. The summed E-state index contributed by atoms with van der Waals surface area (Å²) in [5.74, 6) is -0.640. The number of aromatic nitrogens is 1. The van der Waals surface area contributed by atoms with Crippen LogP contribution in [0.2, 0.25) is 0 Å². The number of benzene rings is 1. The number of amides is 1. The van der Waals surface area contributed by atoms with Gasteiger partial charge in [-0.05, 0) is 11.1 Å². The monoisotopic (exact) mass is 330 g/mol. The van der Waals surface area contributed by atoms with Gasteiger partial charge in [0.05, 0.1) is 19.6 Å². The van der Waals surface area contributed by atoms with Crippen LogP contribution in [-0.2, 0) is 16.1 Å². The van der Waals surface area contributed by atoms with Gasteiger partial charge in [-0.1, -0.05) is 36.4 Å². The molecule has 24 heavy (non-hydrogen) atoms. The van der Waals surface area contributed by atoms with Crippen molar-refractivity contribution in [3.8, 4) is 5.88 Å². The van der Waals surface area contributed by atoms with Crippen LogP contribution >= 0.6 is 0 Å². The minimum atomic E-state index is -1.04. The number of rotatable bonds is 7. The molecule has 1 amide bonds. The molecule has 2 rings (SSSR count). The molecule has 0 bridgehead atoms. The largest absolute Gasteiger partial charge is 0.481 e. The van der Waals surface area contributed by atoms with E-state index in [2.05, 4.69) is 10.3 Å². The fraction of sp³-hybridized carbons (Fsp3) is 0.235. The van der Waals surface area contributed by atoms with Crippen LogP contribution in [0.4, 0.5) is 4.79 Å². The molecule has 0 aliphatic carbocycles. The van der Waals surface area contributed by atoms with Gasteiger partial charge in [0.1, 0.15) is 6.61 Å². The molecule has 1 aromatic heterocycles. The Morgan fingerprint density at radius 3 is 2.54 bits per heavy atom. The van der Waals surface area contributed by atoms with E-state index < -0.39 is 18.1 Å². The number of hydrogen-bond donors (Lipinski definition) is 2. The van der Waals surface area contributed by atoms with E-state index in [9.17, 15) is 9.59 Å². The quantitative estimate of drug-likeness (QED) is 0.809. The maximum Gasteiger partial charge on any atom is 0.407 e. The van der Waals surface area contributed by atoms with Gasteiger partial charge in [-0.15, -0.1) is 0 Å². The Morgan fingerprint density at radius 2 is 1.96 bits per heavy atom. The van der Waals surface area contributed by atoms with Crippen LogP contribution in [0.5, 0.6) is 5.88 Å². The summed E-state index contributed by atoms with van der Waals surface area (Å²) >= 11 is 0. The summed E-state index contributed by atoms with van der Waals surface area (Å²) in [6.07, 6.45) is 0.485. The molecule has 2 aromatic rings. The minimum Gasteiger partial charge on any atom is -0.481 e. The fourth-order valence-electron chi connectivity index (χ4n) is 2.05. The van der Waals surface area contributed by atoms with E-state index in [1.54, 1.807) is 12.1 Å². The highest BCUT2D eigenvalue weighted by Crippen LogP contribution is 2.18. The Labute approximate surface area is 139 Å². The predicted octanol–water partition coefficient (Wildman–Crippen LogP) is 2.53. The second kappa shape index (κ2) is 8.52. The molecular formula is C17H18N2O5. The zero-order valence-electron chi connectivity index (χ0n) is 13.1. The molecule has 7 heteroatoms. The SMILES string of the molecule is COc1ccc([C@H](CC(=O)O)NC(=O)OCc2ccccc2)cn1. The van der Waals surface area contributed by atoms with Crippen molar-refractivity contribution in [2.24, 2.45) is 0 Å². The second-order valence-corrected chi connectivity index (χ2v) is 4.99. The van der Waals surface area contributed by atoms with E-state index in [0.717, 1.165) is 5.56 Å². The summed E-state index contributed by atoms with van der Waals surface area (Å²) in [5, 5.41) is 11.6. The third-order valence-corrected chi connectivity index (χ3v) is 3.25. The first kappa shape index (κ1) is 17.3. The number of pyridine rings is 1. The van der Waals surface area contributed by atoms with Gasteiger partial charge >= 0.3 is 12.1 Å². The number of aliphatic carboxylic acids is 1. The van der Waals surface area contributed by atoms with Gasteiger partial charge in [0.25, 0.3) is 0 Å². The molecule has 1 heterocycles. The lowest BCUT2D eigenvalue weighted by Crippen LogP contribution is -2.30. The van der Waals surface area contributed by atoms with Crippen LogP contribution < -0.4 is 10.1 Å². The molecule has 0 spiro atoms. The van der Waals surface area contributed by atoms with Crippen molar-refractivity contribution in [2.45, 2.75) is 19.1 Å². The van der Waals surface area contributed by atoms with Gasteiger partial charge in [0.2, 0.25) is 5.88 Å². The predicted molar refractivity (Wildman–Crippen MR) is 85.5 cm³/mol. The molecule has 126 valence electrons. The maximum atomic E-state index is 11.9. The average molecular weight is 330 g/mol. The van der Waals surface area contributed by atoms with Gasteiger partial charge in [-0.3, -0.25) is 4.79 Å². The zero-order chi connectivity index (χ0) is 17.4. The Kier molecular flexibility index (Phi) is 6.13. The number of methoxy groups -OCH3 is 1. The van der Waals surface area contributed by atoms with E-state index in [1.165, 1.54) is 13.3 Å². The molecule has 0 fully saturated rings. The number of carbonyl (C=O) groups is 2. The van der Waals surface area contributed by atoms with Gasteiger partial charge in [0.15, 0.2) is 0 Å². The van der Waals surface area contributed by atoms with E-state index in [-0.39, 0.29) is 13.0 Å². The van der Waals surface area contributed by atoms with Crippen LogP contribution in [0.15, 0.2) is 48.7 Å². The summed E-state index contributed by atoms with van der Waals surface area (Å²) in [6.45, 7) is 0.104. The number of carboxylic acid groups (broad SMARTS) is 1. The Morgan fingerprint density at radius 1 is 1.21 bits per heavy atom. The van der Waals surface area contributed by atoms with Crippen molar-refractivity contribution >= 4 is 12.1 Å². The van der Waals surface area contributed by atoms with Crippen LogP contribution in [0.1, 0.15) is 23.6 Å². The third-order valence-electron chi connectivity index (χ3n) is 3.25. The summed E-state index contributed by atoms with van der Waals surface area (Å²) in [6, 6.07) is 11.7. The summed E-state index contributed by atoms with van der Waals surface area (Å²) in [5.41, 5.74) is 1.39. The molecule has 1 aromatic carbocycles. The van der Waals surface area contributed by atoms with Crippen molar-refractivity contribution in [1.29, 1.82) is 0 Å². The smallest absolute Gasteiger partial charge is 0.407 e. The molecular weight excluding hydrogens is 312 g/mol. The van der Waals surface area contributed by atoms with Crippen LogP contribution in [-0.4, -0.2) is 29.3 Å². The molecule has 7 nitrogen and oxygen atoms in total. The number of carbonyl (C=O) groups excluding carboxylic acids is 1. The molecule has 0 aliphatic rings. The van der Waals surface area contributed by atoms with Crippen molar-refractivity contribution in [1.82, 2.24) is 10.3 Å². The van der Waals surface area contributed by atoms with Gasteiger partial charge in [-0.2, -0.15) is 0 Å². The van der Waals surface area contributed by atoms with Crippen molar-refractivity contribution in [3.63, 3.8) is 0 Å². The number of nitrogens with zero attached hydrogens (tertiary/aromatic N) is 1. The number of alkyl carbamates (subject to hydrolysis) is 1. The van der Waals surface area contributed by atoms with Crippen LogP contribution in [0.25, 0.3) is 0 Å².